The SMILES string of the molecule is CC(C)c1ccc(OCc2nnc(SCC(=O)NC[C@@H]3CCCO3)n2N)cc1. The number of thioether (sulfide) groups is 1. The number of ether oxygens (including phenoxy) is 2. The molecule has 0 aliphatic carbocycles. The molecule has 0 unspecified atom stereocenters. The van der Waals surface area contributed by atoms with Gasteiger partial charge in [0.2, 0.25) is 11.1 Å². The summed E-state index contributed by atoms with van der Waals surface area (Å²) in [5, 5.41) is 11.4. The molecule has 0 spiro atoms. The van der Waals surface area contributed by atoms with Gasteiger partial charge in [-0.3, -0.25) is 4.79 Å². The third-order valence-electron chi connectivity index (χ3n) is 4.53. The van der Waals surface area contributed by atoms with Crippen LogP contribution in [0.15, 0.2) is 29.4 Å². The van der Waals surface area contributed by atoms with E-state index in [0.717, 1.165) is 25.2 Å². The molecule has 3 rings (SSSR count). The second-order valence-electron chi connectivity index (χ2n) is 7.01. The second-order valence-corrected chi connectivity index (χ2v) is 7.95. The van der Waals surface area contributed by atoms with E-state index in [-0.39, 0.29) is 24.4 Å². The fraction of sp³-hybridized carbons (Fsp3) is 0.526. The van der Waals surface area contributed by atoms with Gasteiger partial charge in [-0.25, -0.2) is 4.68 Å². The van der Waals surface area contributed by atoms with Gasteiger partial charge in [-0.1, -0.05) is 37.7 Å². The topological polar surface area (TPSA) is 104 Å². The Morgan fingerprint density at radius 1 is 1.39 bits per heavy atom. The van der Waals surface area contributed by atoms with Crippen molar-refractivity contribution in [2.24, 2.45) is 0 Å². The lowest BCUT2D eigenvalue weighted by molar-refractivity contribution is -0.119. The maximum atomic E-state index is 12.0. The van der Waals surface area contributed by atoms with E-state index >= 15 is 0 Å². The number of amides is 1. The average Bonchev–Trinajstić information content (AvgIpc) is 3.33. The summed E-state index contributed by atoms with van der Waals surface area (Å²) in [6.45, 7) is 5.82. The van der Waals surface area contributed by atoms with Crippen LogP contribution in [-0.2, 0) is 16.1 Å². The highest BCUT2D eigenvalue weighted by molar-refractivity contribution is 7.99. The number of nitrogen functional groups attached to an aromatic ring is 1. The van der Waals surface area contributed by atoms with Crippen molar-refractivity contribution in [1.29, 1.82) is 0 Å². The number of carbonyl (C=O) groups excluding carboxylic acids is 1. The highest BCUT2D eigenvalue weighted by Crippen LogP contribution is 2.20. The number of aromatic nitrogens is 3. The number of nitrogens with zero attached hydrogens (tertiary/aromatic N) is 3. The molecule has 28 heavy (non-hydrogen) atoms. The van der Waals surface area contributed by atoms with Gasteiger partial charge in [0.1, 0.15) is 12.4 Å². The molecule has 1 saturated heterocycles. The van der Waals surface area contributed by atoms with Crippen molar-refractivity contribution >= 4 is 17.7 Å². The number of hydrogen-bond acceptors (Lipinski definition) is 7. The van der Waals surface area contributed by atoms with Gasteiger partial charge in [0.15, 0.2) is 5.82 Å². The van der Waals surface area contributed by atoms with Gasteiger partial charge < -0.3 is 20.6 Å². The van der Waals surface area contributed by atoms with Crippen molar-refractivity contribution in [3.8, 4) is 5.75 Å². The molecule has 1 fully saturated rings. The lowest BCUT2D eigenvalue weighted by Gasteiger charge is -2.10. The average molecular weight is 406 g/mol. The molecule has 2 heterocycles. The summed E-state index contributed by atoms with van der Waals surface area (Å²) in [5.41, 5.74) is 1.26. The molecule has 0 bridgehead atoms. The van der Waals surface area contributed by atoms with E-state index in [1.165, 1.54) is 22.0 Å². The Bertz CT molecular complexity index is 772. The molecule has 0 saturated carbocycles. The van der Waals surface area contributed by atoms with Crippen LogP contribution in [0, 0.1) is 0 Å². The van der Waals surface area contributed by atoms with Crippen LogP contribution >= 0.6 is 11.8 Å². The number of rotatable bonds is 9. The summed E-state index contributed by atoms with van der Waals surface area (Å²) in [6, 6.07) is 7.95. The highest BCUT2D eigenvalue weighted by Gasteiger charge is 2.17. The molecule has 1 aliphatic rings. The van der Waals surface area contributed by atoms with Gasteiger partial charge in [-0.2, -0.15) is 0 Å². The van der Waals surface area contributed by atoms with E-state index in [9.17, 15) is 4.79 Å². The van der Waals surface area contributed by atoms with Gasteiger partial charge in [0.25, 0.3) is 0 Å². The van der Waals surface area contributed by atoms with Crippen LogP contribution in [0.1, 0.15) is 44.0 Å². The molecule has 9 heteroatoms. The molecule has 1 aromatic carbocycles. The Labute approximate surface area is 169 Å². The van der Waals surface area contributed by atoms with Crippen molar-refractivity contribution in [2.45, 2.75) is 50.5 Å². The highest BCUT2D eigenvalue weighted by atomic mass is 32.2. The Kier molecular flexibility index (Phi) is 7.16. The summed E-state index contributed by atoms with van der Waals surface area (Å²) >= 11 is 1.24. The molecule has 152 valence electrons. The summed E-state index contributed by atoms with van der Waals surface area (Å²) in [4.78, 5) is 12.0. The molecule has 1 aliphatic heterocycles. The van der Waals surface area contributed by atoms with Crippen molar-refractivity contribution in [3.63, 3.8) is 0 Å². The van der Waals surface area contributed by atoms with E-state index in [4.69, 9.17) is 15.3 Å². The van der Waals surface area contributed by atoms with Crippen LogP contribution < -0.4 is 15.9 Å². The van der Waals surface area contributed by atoms with Crippen LogP contribution in [0.5, 0.6) is 5.75 Å². The lowest BCUT2D eigenvalue weighted by Crippen LogP contribution is -2.33. The first-order valence-corrected chi connectivity index (χ1v) is 10.4. The Morgan fingerprint density at radius 3 is 2.86 bits per heavy atom. The minimum atomic E-state index is -0.0773. The van der Waals surface area contributed by atoms with Crippen molar-refractivity contribution < 1.29 is 14.3 Å². The zero-order valence-electron chi connectivity index (χ0n) is 16.3. The molecule has 1 aromatic heterocycles. The number of nitrogens with one attached hydrogen (secondary N) is 1. The van der Waals surface area contributed by atoms with Gasteiger partial charge >= 0.3 is 0 Å². The van der Waals surface area contributed by atoms with E-state index in [1.807, 2.05) is 24.3 Å². The molecular formula is C19H27N5O3S. The van der Waals surface area contributed by atoms with E-state index in [0.29, 0.717) is 23.4 Å². The van der Waals surface area contributed by atoms with Crippen LogP contribution in [0.4, 0.5) is 0 Å². The monoisotopic (exact) mass is 405 g/mol. The second kappa shape index (κ2) is 9.79. The van der Waals surface area contributed by atoms with Crippen molar-refractivity contribution in [3.05, 3.63) is 35.7 Å². The normalized spacial score (nSPS) is 16.5. The first-order valence-electron chi connectivity index (χ1n) is 9.46. The maximum Gasteiger partial charge on any atom is 0.230 e. The van der Waals surface area contributed by atoms with E-state index in [2.05, 4.69) is 29.4 Å². The largest absolute Gasteiger partial charge is 0.486 e. The standard InChI is InChI=1S/C19H27N5O3S/c1-13(2)14-5-7-15(8-6-14)27-11-17-22-23-19(24(17)20)28-12-18(25)21-10-16-4-3-9-26-16/h5-8,13,16H,3-4,9-12,20H2,1-2H3,(H,21,25)/t16-/m0/s1. The number of hydrogen-bond donors (Lipinski definition) is 2. The van der Waals surface area contributed by atoms with Crippen molar-refractivity contribution in [1.82, 2.24) is 20.2 Å². The predicted molar refractivity (Wildman–Crippen MR) is 108 cm³/mol. The molecule has 0 radical (unpaired) electrons. The first-order chi connectivity index (χ1) is 13.5. The maximum absolute atomic E-state index is 12.0. The molecular weight excluding hydrogens is 378 g/mol. The van der Waals surface area contributed by atoms with Crippen LogP contribution in [0.2, 0.25) is 0 Å². The summed E-state index contributed by atoms with van der Waals surface area (Å²) in [5.74, 6) is 7.89. The minimum Gasteiger partial charge on any atom is -0.486 e. The predicted octanol–water partition coefficient (Wildman–Crippen LogP) is 2.08. The molecule has 3 N–H and O–H groups in total. The lowest BCUT2D eigenvalue weighted by atomic mass is 10.0. The Balaban J connectivity index is 1.44. The minimum absolute atomic E-state index is 0.0773. The van der Waals surface area contributed by atoms with Crippen LogP contribution in [0.3, 0.4) is 0 Å². The summed E-state index contributed by atoms with van der Waals surface area (Å²) in [7, 11) is 0. The van der Waals surface area contributed by atoms with E-state index < -0.39 is 0 Å². The number of carbonyl (C=O) groups is 1. The quantitative estimate of drug-likeness (QED) is 0.486. The van der Waals surface area contributed by atoms with Gasteiger partial charge in [0, 0.05) is 13.2 Å². The Morgan fingerprint density at radius 2 is 2.18 bits per heavy atom. The summed E-state index contributed by atoms with van der Waals surface area (Å²) in [6.07, 6.45) is 2.18. The first kappa shape index (κ1) is 20.5. The zero-order valence-corrected chi connectivity index (χ0v) is 17.1. The van der Waals surface area contributed by atoms with Crippen LogP contribution in [-0.4, -0.2) is 45.8 Å². The number of benzene rings is 1. The molecule has 1 atom stereocenters. The number of nitrogens with two attached hydrogens (primary N) is 1. The van der Waals surface area contributed by atoms with Crippen molar-refractivity contribution in [2.75, 3.05) is 24.7 Å². The molecule has 2 aromatic rings. The van der Waals surface area contributed by atoms with Gasteiger partial charge in [-0.05, 0) is 36.5 Å². The third kappa shape index (κ3) is 5.62. The van der Waals surface area contributed by atoms with Crippen LogP contribution in [0.25, 0.3) is 0 Å². The smallest absolute Gasteiger partial charge is 0.230 e. The zero-order chi connectivity index (χ0) is 19.9. The molecule has 1 amide bonds. The summed E-state index contributed by atoms with van der Waals surface area (Å²) < 4.78 is 12.6. The Hall–Kier alpha value is -2.26. The van der Waals surface area contributed by atoms with Gasteiger partial charge in [0.05, 0.1) is 11.9 Å². The fourth-order valence-electron chi connectivity index (χ4n) is 2.82. The fourth-order valence-corrected chi connectivity index (χ4v) is 3.52. The molecule has 8 nitrogen and oxygen atoms in total. The van der Waals surface area contributed by atoms with E-state index in [1.54, 1.807) is 0 Å². The van der Waals surface area contributed by atoms with Gasteiger partial charge in [-0.15, -0.1) is 10.2 Å². The third-order valence-corrected chi connectivity index (χ3v) is 5.48.